The molecule has 0 aliphatic heterocycles. The van der Waals surface area contributed by atoms with Crippen LogP contribution in [0.15, 0.2) is 24.3 Å². The highest BCUT2D eigenvalue weighted by Gasteiger charge is 2.53. The number of aromatic nitrogens is 2. The van der Waals surface area contributed by atoms with Gasteiger partial charge in [0.25, 0.3) is 0 Å². The van der Waals surface area contributed by atoms with Crippen LogP contribution in [0.5, 0.6) is 0 Å². The second kappa shape index (κ2) is 5.16. The first-order chi connectivity index (χ1) is 10.1. The molecule has 0 spiro atoms. The number of hydrogen-bond acceptors (Lipinski definition) is 4. The summed E-state index contributed by atoms with van der Waals surface area (Å²) in [5, 5.41) is 13.3. The molecular weight excluding hydrogens is 272 g/mol. The summed E-state index contributed by atoms with van der Waals surface area (Å²) < 4.78 is 2.04. The Labute approximate surface area is 121 Å². The average molecular weight is 288 g/mol. The fourth-order valence-electron chi connectivity index (χ4n) is 2.60. The molecular formula is C14H16N4O3. The lowest BCUT2D eigenvalue weighted by molar-refractivity contribution is -0.497. The molecule has 2 atom stereocenters. The van der Waals surface area contributed by atoms with E-state index in [0.717, 1.165) is 16.9 Å². The van der Waals surface area contributed by atoms with Gasteiger partial charge in [-0.1, -0.05) is 12.1 Å². The molecule has 3 rings (SSSR count). The molecule has 110 valence electrons. The summed E-state index contributed by atoms with van der Waals surface area (Å²) in [6.45, 7) is 2.97. The van der Waals surface area contributed by atoms with E-state index < -0.39 is 12.0 Å². The number of para-hydroxylation sites is 2. The van der Waals surface area contributed by atoms with E-state index in [1.165, 1.54) is 0 Å². The number of imidazole rings is 1. The van der Waals surface area contributed by atoms with Crippen LogP contribution in [0.2, 0.25) is 0 Å². The molecule has 0 unspecified atom stereocenters. The topological polar surface area (TPSA) is 90.1 Å². The third kappa shape index (κ3) is 2.58. The van der Waals surface area contributed by atoms with Crippen LogP contribution in [0.4, 0.5) is 0 Å². The average Bonchev–Trinajstić information content (AvgIpc) is 3.19. The van der Waals surface area contributed by atoms with E-state index in [-0.39, 0.29) is 10.8 Å². The summed E-state index contributed by atoms with van der Waals surface area (Å²) in [7, 11) is 0. The predicted molar refractivity (Wildman–Crippen MR) is 76.4 cm³/mol. The minimum atomic E-state index is -0.694. The Morgan fingerprint density at radius 2 is 2.29 bits per heavy atom. The standard InChI is InChI=1S/C14H16N4O3/c1-9-16-11-4-2-3-5-12(11)17(9)7-6-15-14(19)10-8-13(10)18(20)21/h2-5,10,13H,6-8H2,1H3,(H,15,19)/t10-,13-/m0/s1. The molecule has 2 aromatic rings. The number of nitrogens with one attached hydrogen (secondary N) is 1. The van der Waals surface area contributed by atoms with Gasteiger partial charge < -0.3 is 9.88 Å². The molecule has 1 aromatic heterocycles. The monoisotopic (exact) mass is 288 g/mol. The van der Waals surface area contributed by atoms with Crippen LogP contribution >= 0.6 is 0 Å². The Bertz CT molecular complexity index is 709. The van der Waals surface area contributed by atoms with Crippen molar-refractivity contribution in [1.82, 2.24) is 14.9 Å². The minimum Gasteiger partial charge on any atom is -0.354 e. The normalized spacial score (nSPS) is 20.4. The highest BCUT2D eigenvalue weighted by atomic mass is 16.6. The number of amides is 1. The maximum absolute atomic E-state index is 11.8. The number of benzene rings is 1. The van der Waals surface area contributed by atoms with Crippen LogP contribution in [0.25, 0.3) is 11.0 Å². The lowest BCUT2D eigenvalue weighted by Gasteiger charge is -2.08. The molecule has 1 aliphatic carbocycles. The molecule has 7 heteroatoms. The van der Waals surface area contributed by atoms with Gasteiger partial charge in [-0.2, -0.15) is 0 Å². The summed E-state index contributed by atoms with van der Waals surface area (Å²) in [5.41, 5.74) is 1.95. The number of carbonyl (C=O) groups excluding carboxylic acids is 1. The zero-order valence-corrected chi connectivity index (χ0v) is 11.7. The largest absolute Gasteiger partial charge is 0.354 e. The van der Waals surface area contributed by atoms with E-state index in [4.69, 9.17) is 0 Å². The van der Waals surface area contributed by atoms with E-state index in [0.29, 0.717) is 19.5 Å². The SMILES string of the molecule is Cc1nc2ccccc2n1CCNC(=O)[C@H]1C[C@@H]1[N+](=O)[O-]. The molecule has 1 aromatic carbocycles. The Hall–Kier alpha value is -2.44. The van der Waals surface area contributed by atoms with Gasteiger partial charge in [-0.05, 0) is 19.1 Å². The fourth-order valence-corrected chi connectivity index (χ4v) is 2.60. The number of fused-ring (bicyclic) bond motifs is 1. The number of carbonyl (C=O) groups is 1. The van der Waals surface area contributed by atoms with Gasteiger partial charge in [0.15, 0.2) is 0 Å². The van der Waals surface area contributed by atoms with Crippen LogP contribution in [0.1, 0.15) is 12.2 Å². The van der Waals surface area contributed by atoms with Crippen molar-refractivity contribution in [2.45, 2.75) is 25.9 Å². The van der Waals surface area contributed by atoms with Gasteiger partial charge in [0.1, 0.15) is 11.7 Å². The Morgan fingerprint density at radius 1 is 1.52 bits per heavy atom. The van der Waals surface area contributed by atoms with Gasteiger partial charge in [-0.25, -0.2) is 4.98 Å². The molecule has 1 heterocycles. The van der Waals surface area contributed by atoms with Crippen molar-refractivity contribution < 1.29 is 9.72 Å². The molecule has 21 heavy (non-hydrogen) atoms. The van der Waals surface area contributed by atoms with E-state index in [1.54, 1.807) is 0 Å². The quantitative estimate of drug-likeness (QED) is 0.659. The van der Waals surface area contributed by atoms with E-state index in [9.17, 15) is 14.9 Å². The molecule has 0 radical (unpaired) electrons. The lowest BCUT2D eigenvalue weighted by Crippen LogP contribution is -2.30. The van der Waals surface area contributed by atoms with Gasteiger partial charge in [-0.3, -0.25) is 14.9 Å². The first-order valence-electron chi connectivity index (χ1n) is 6.91. The highest BCUT2D eigenvalue weighted by molar-refractivity contribution is 5.82. The number of nitrogens with zero attached hydrogens (tertiary/aromatic N) is 3. The summed E-state index contributed by atoms with van der Waals surface area (Å²) in [6.07, 6.45) is 0.353. The molecule has 1 fully saturated rings. The number of nitro groups is 1. The minimum absolute atomic E-state index is 0.223. The molecule has 1 N–H and O–H groups in total. The molecule has 1 amide bonds. The highest BCUT2D eigenvalue weighted by Crippen LogP contribution is 2.32. The van der Waals surface area contributed by atoms with Gasteiger partial charge in [0.2, 0.25) is 11.9 Å². The van der Waals surface area contributed by atoms with Crippen LogP contribution in [-0.2, 0) is 11.3 Å². The third-order valence-corrected chi connectivity index (χ3v) is 3.84. The van der Waals surface area contributed by atoms with Crippen LogP contribution < -0.4 is 5.32 Å². The molecule has 1 saturated carbocycles. The first-order valence-corrected chi connectivity index (χ1v) is 6.91. The maximum atomic E-state index is 11.8. The molecule has 0 saturated heterocycles. The van der Waals surface area contributed by atoms with E-state index in [1.807, 2.05) is 35.8 Å². The lowest BCUT2D eigenvalue weighted by atomic mass is 10.3. The van der Waals surface area contributed by atoms with Crippen molar-refractivity contribution in [3.05, 3.63) is 40.2 Å². The van der Waals surface area contributed by atoms with Crippen LogP contribution in [0, 0.1) is 23.0 Å². The molecule has 0 bridgehead atoms. The van der Waals surface area contributed by atoms with Gasteiger partial charge in [0, 0.05) is 24.4 Å². The second-order valence-electron chi connectivity index (χ2n) is 5.29. The van der Waals surface area contributed by atoms with Crippen molar-refractivity contribution in [3.8, 4) is 0 Å². The number of hydrogen-bond donors (Lipinski definition) is 1. The maximum Gasteiger partial charge on any atom is 0.230 e. The van der Waals surface area contributed by atoms with Crippen molar-refractivity contribution in [3.63, 3.8) is 0 Å². The van der Waals surface area contributed by atoms with E-state index >= 15 is 0 Å². The van der Waals surface area contributed by atoms with Gasteiger partial charge in [-0.15, -0.1) is 0 Å². The summed E-state index contributed by atoms with van der Waals surface area (Å²) in [4.78, 5) is 26.4. The first kappa shape index (κ1) is 13.5. The zero-order valence-electron chi connectivity index (χ0n) is 11.7. The smallest absolute Gasteiger partial charge is 0.230 e. The fraction of sp³-hybridized carbons (Fsp3) is 0.429. The number of rotatable bonds is 5. The molecule has 1 aliphatic rings. The zero-order chi connectivity index (χ0) is 15.0. The third-order valence-electron chi connectivity index (χ3n) is 3.84. The summed E-state index contributed by atoms with van der Waals surface area (Å²) >= 11 is 0. The van der Waals surface area contributed by atoms with Crippen molar-refractivity contribution >= 4 is 16.9 Å². The second-order valence-corrected chi connectivity index (χ2v) is 5.29. The van der Waals surface area contributed by atoms with E-state index in [2.05, 4.69) is 10.3 Å². The van der Waals surface area contributed by atoms with Crippen molar-refractivity contribution in [1.29, 1.82) is 0 Å². The predicted octanol–water partition coefficient (Wildman–Crippen LogP) is 1.13. The van der Waals surface area contributed by atoms with Crippen molar-refractivity contribution in [2.75, 3.05) is 6.54 Å². The Balaban J connectivity index is 1.59. The number of aryl methyl sites for hydroxylation is 1. The van der Waals surface area contributed by atoms with Gasteiger partial charge >= 0.3 is 0 Å². The molecule has 7 nitrogen and oxygen atoms in total. The van der Waals surface area contributed by atoms with Crippen LogP contribution in [0.3, 0.4) is 0 Å². The van der Waals surface area contributed by atoms with Gasteiger partial charge in [0.05, 0.1) is 11.0 Å². The van der Waals surface area contributed by atoms with Crippen molar-refractivity contribution in [2.24, 2.45) is 5.92 Å². The Morgan fingerprint density at radius 3 is 3.00 bits per heavy atom. The summed E-state index contributed by atoms with van der Waals surface area (Å²) in [5.74, 6) is 0.208. The van der Waals surface area contributed by atoms with Crippen LogP contribution in [-0.4, -0.2) is 33.0 Å². The Kier molecular flexibility index (Phi) is 3.32. The summed E-state index contributed by atoms with van der Waals surface area (Å²) in [6, 6.07) is 7.13.